The van der Waals surface area contributed by atoms with Crippen LogP contribution < -0.4 is 9.47 Å². The van der Waals surface area contributed by atoms with Crippen molar-refractivity contribution in [2.75, 3.05) is 20.4 Å². The van der Waals surface area contributed by atoms with Gasteiger partial charge in [0, 0.05) is 43.4 Å². The van der Waals surface area contributed by atoms with Crippen LogP contribution in [0.1, 0.15) is 11.3 Å². The topological polar surface area (TPSA) is 51.7 Å². The Morgan fingerprint density at radius 3 is 2.96 bits per heavy atom. The summed E-state index contributed by atoms with van der Waals surface area (Å²) in [5, 5.41) is 0. The zero-order valence-corrected chi connectivity index (χ0v) is 12.8. The van der Waals surface area contributed by atoms with Crippen LogP contribution in [0.25, 0.3) is 0 Å². The molecule has 2 heterocycles. The summed E-state index contributed by atoms with van der Waals surface area (Å²) in [7, 11) is 1.74. The van der Waals surface area contributed by atoms with Gasteiger partial charge >= 0.3 is 0 Å². The van der Waals surface area contributed by atoms with E-state index in [2.05, 4.69) is 16.8 Å². The monoisotopic (exact) mass is 308 g/mol. The third kappa shape index (κ3) is 3.80. The molecule has 5 heteroatoms. The smallest absolute Gasteiger partial charge is 0.298 e. The Balaban J connectivity index is 1.58. The lowest BCUT2D eigenvalue weighted by Gasteiger charge is -2.12. The molecule has 0 radical (unpaired) electrons. The number of nitrogens with zero attached hydrogens (tertiary/aromatic N) is 2. The number of carbonyl (C=O) groups excluding carboxylic acids is 1. The molecule has 1 aromatic carbocycles. The summed E-state index contributed by atoms with van der Waals surface area (Å²) < 4.78 is 10.5. The molecule has 0 aliphatic carbocycles. The van der Waals surface area contributed by atoms with Crippen molar-refractivity contribution >= 4 is 5.91 Å². The summed E-state index contributed by atoms with van der Waals surface area (Å²) in [6.45, 7) is 0.799. The Hall–Kier alpha value is -3.00. The molecule has 0 saturated heterocycles. The number of hydrogen-bond donors (Lipinski definition) is 0. The van der Waals surface area contributed by atoms with Crippen molar-refractivity contribution in [2.45, 2.75) is 6.42 Å². The predicted octanol–water partition coefficient (Wildman–Crippen LogP) is 1.86. The van der Waals surface area contributed by atoms with E-state index < -0.39 is 0 Å². The van der Waals surface area contributed by atoms with Crippen molar-refractivity contribution in [1.29, 1.82) is 0 Å². The molecule has 5 nitrogen and oxygen atoms in total. The van der Waals surface area contributed by atoms with Gasteiger partial charge in [-0.3, -0.25) is 9.78 Å². The lowest BCUT2D eigenvalue weighted by molar-refractivity contribution is -0.123. The molecule has 0 atom stereocenters. The number of aromatic nitrogens is 1. The molecular formula is C18H16N2O3. The van der Waals surface area contributed by atoms with Gasteiger partial charge in [-0.05, 0) is 30.3 Å². The van der Waals surface area contributed by atoms with Gasteiger partial charge in [-0.25, -0.2) is 0 Å². The molecule has 1 amide bonds. The van der Waals surface area contributed by atoms with Crippen molar-refractivity contribution in [2.24, 2.45) is 0 Å². The molecule has 0 saturated carbocycles. The van der Waals surface area contributed by atoms with Crippen molar-refractivity contribution in [3.63, 3.8) is 0 Å². The Morgan fingerprint density at radius 2 is 2.13 bits per heavy atom. The van der Waals surface area contributed by atoms with E-state index >= 15 is 0 Å². The SMILES string of the molecule is CN(CCc1ccccn1)C(=O)C#Cc1ccc2c(c1)OCO2. The summed E-state index contributed by atoms with van der Waals surface area (Å²) in [5.74, 6) is 6.65. The minimum absolute atomic E-state index is 0.224. The maximum Gasteiger partial charge on any atom is 0.298 e. The standard InChI is InChI=1S/C18H16N2O3/c1-20(11-9-15-4-2-3-10-19-15)18(21)8-6-14-5-7-16-17(12-14)23-13-22-16/h2-5,7,10,12H,9,11,13H2,1H3. The fourth-order valence-electron chi connectivity index (χ4n) is 2.13. The predicted molar refractivity (Wildman–Crippen MR) is 85.0 cm³/mol. The normalized spacial score (nSPS) is 11.5. The quantitative estimate of drug-likeness (QED) is 0.812. The molecule has 2 aromatic rings. The first-order valence-electron chi connectivity index (χ1n) is 7.29. The number of pyridine rings is 1. The first-order valence-corrected chi connectivity index (χ1v) is 7.29. The van der Waals surface area contributed by atoms with Gasteiger partial charge in [0.05, 0.1) is 0 Å². The fraction of sp³-hybridized carbons (Fsp3) is 0.222. The molecule has 3 rings (SSSR count). The highest BCUT2D eigenvalue weighted by Gasteiger charge is 2.12. The van der Waals surface area contributed by atoms with Crippen LogP contribution in [0.2, 0.25) is 0 Å². The molecular weight excluding hydrogens is 292 g/mol. The zero-order chi connectivity index (χ0) is 16.1. The largest absolute Gasteiger partial charge is 0.454 e. The zero-order valence-electron chi connectivity index (χ0n) is 12.8. The number of rotatable bonds is 3. The van der Waals surface area contributed by atoms with Gasteiger partial charge in [-0.1, -0.05) is 12.0 Å². The Kier molecular flexibility index (Phi) is 4.44. The van der Waals surface area contributed by atoms with Gasteiger partial charge in [-0.15, -0.1) is 0 Å². The first kappa shape index (κ1) is 14.9. The molecule has 0 N–H and O–H groups in total. The molecule has 0 unspecified atom stereocenters. The van der Waals surface area contributed by atoms with Crippen LogP contribution in [-0.4, -0.2) is 36.2 Å². The van der Waals surface area contributed by atoms with E-state index in [1.54, 1.807) is 30.3 Å². The highest BCUT2D eigenvalue weighted by molar-refractivity contribution is 5.94. The van der Waals surface area contributed by atoms with E-state index in [1.807, 2.05) is 24.3 Å². The molecule has 0 bridgehead atoms. The Bertz CT molecular complexity index is 763. The molecule has 1 aromatic heterocycles. The van der Waals surface area contributed by atoms with E-state index in [1.165, 1.54) is 0 Å². The number of likely N-dealkylation sites (N-methyl/N-ethyl adjacent to an activating group) is 1. The number of amides is 1. The van der Waals surface area contributed by atoms with Gasteiger partial charge in [0.25, 0.3) is 5.91 Å². The van der Waals surface area contributed by atoms with Gasteiger partial charge < -0.3 is 14.4 Å². The molecule has 1 aliphatic rings. The molecule has 0 fully saturated rings. The maximum absolute atomic E-state index is 12.0. The summed E-state index contributed by atoms with van der Waals surface area (Å²) >= 11 is 0. The van der Waals surface area contributed by atoms with Crippen LogP contribution in [0.3, 0.4) is 0 Å². The van der Waals surface area contributed by atoms with E-state index in [-0.39, 0.29) is 12.7 Å². The van der Waals surface area contributed by atoms with Crippen molar-refractivity contribution in [3.8, 4) is 23.3 Å². The van der Waals surface area contributed by atoms with E-state index in [0.29, 0.717) is 24.5 Å². The molecule has 116 valence electrons. The Morgan fingerprint density at radius 1 is 1.26 bits per heavy atom. The van der Waals surface area contributed by atoms with Crippen LogP contribution >= 0.6 is 0 Å². The van der Waals surface area contributed by atoms with Crippen molar-refractivity contribution < 1.29 is 14.3 Å². The first-order chi connectivity index (χ1) is 11.2. The summed E-state index contributed by atoms with van der Waals surface area (Å²) in [6.07, 6.45) is 2.45. The summed E-state index contributed by atoms with van der Waals surface area (Å²) in [4.78, 5) is 17.9. The third-order valence-electron chi connectivity index (χ3n) is 3.46. The molecule has 23 heavy (non-hydrogen) atoms. The number of benzene rings is 1. The van der Waals surface area contributed by atoms with Crippen LogP contribution in [0.15, 0.2) is 42.6 Å². The number of fused-ring (bicyclic) bond motifs is 1. The van der Waals surface area contributed by atoms with Crippen LogP contribution in [0.5, 0.6) is 11.5 Å². The number of ether oxygens (including phenoxy) is 2. The van der Waals surface area contributed by atoms with Crippen LogP contribution in [-0.2, 0) is 11.2 Å². The highest BCUT2D eigenvalue weighted by Crippen LogP contribution is 2.32. The van der Waals surface area contributed by atoms with Crippen LogP contribution in [0, 0.1) is 11.8 Å². The van der Waals surface area contributed by atoms with Crippen molar-refractivity contribution in [1.82, 2.24) is 9.88 Å². The second-order valence-corrected chi connectivity index (χ2v) is 5.12. The second-order valence-electron chi connectivity index (χ2n) is 5.12. The molecule has 0 spiro atoms. The van der Waals surface area contributed by atoms with Gasteiger partial charge in [0.1, 0.15) is 0 Å². The lowest BCUT2D eigenvalue weighted by atomic mass is 10.2. The van der Waals surface area contributed by atoms with Crippen LogP contribution in [0.4, 0.5) is 0 Å². The number of carbonyl (C=O) groups is 1. The fourth-order valence-corrected chi connectivity index (χ4v) is 2.13. The second kappa shape index (κ2) is 6.84. The minimum atomic E-state index is -0.224. The Labute approximate surface area is 134 Å². The molecule has 1 aliphatic heterocycles. The lowest BCUT2D eigenvalue weighted by Crippen LogP contribution is -2.27. The van der Waals surface area contributed by atoms with Gasteiger partial charge in [0.2, 0.25) is 6.79 Å². The van der Waals surface area contributed by atoms with Gasteiger partial charge in [0.15, 0.2) is 11.5 Å². The van der Waals surface area contributed by atoms with E-state index in [0.717, 1.165) is 11.3 Å². The maximum atomic E-state index is 12.0. The number of hydrogen-bond acceptors (Lipinski definition) is 4. The van der Waals surface area contributed by atoms with Crippen molar-refractivity contribution in [3.05, 3.63) is 53.9 Å². The van der Waals surface area contributed by atoms with Gasteiger partial charge in [-0.2, -0.15) is 0 Å². The average molecular weight is 308 g/mol. The summed E-state index contributed by atoms with van der Waals surface area (Å²) in [5.41, 5.74) is 1.68. The van der Waals surface area contributed by atoms with E-state index in [4.69, 9.17) is 9.47 Å². The highest BCUT2D eigenvalue weighted by atomic mass is 16.7. The summed E-state index contributed by atoms with van der Waals surface area (Å²) in [6, 6.07) is 11.1. The third-order valence-corrected chi connectivity index (χ3v) is 3.46. The minimum Gasteiger partial charge on any atom is -0.454 e. The average Bonchev–Trinajstić information content (AvgIpc) is 3.06. The van der Waals surface area contributed by atoms with E-state index in [9.17, 15) is 4.79 Å².